The van der Waals surface area contributed by atoms with E-state index in [1.54, 1.807) is 6.92 Å². The summed E-state index contributed by atoms with van der Waals surface area (Å²) in [5, 5.41) is 7.44. The van der Waals surface area contributed by atoms with Crippen LogP contribution in [0, 0.1) is 6.92 Å². The quantitative estimate of drug-likeness (QED) is 0.618. The maximum Gasteiger partial charge on any atom is 0.260 e. The molecule has 0 saturated carbocycles. The van der Waals surface area contributed by atoms with Crippen LogP contribution in [0.25, 0.3) is 10.2 Å². The first kappa shape index (κ1) is 16.2. The lowest BCUT2D eigenvalue weighted by atomic mass is 10.2. The molecule has 0 aliphatic rings. The lowest BCUT2D eigenvalue weighted by Gasteiger charge is -2.05. The summed E-state index contributed by atoms with van der Waals surface area (Å²) in [6, 6.07) is 2.54. The second kappa shape index (κ2) is 5.78. The summed E-state index contributed by atoms with van der Waals surface area (Å²) in [7, 11) is -3.91. The van der Waals surface area contributed by atoms with Crippen LogP contribution in [0.2, 0.25) is 0 Å². The van der Waals surface area contributed by atoms with Crippen molar-refractivity contribution in [2.24, 2.45) is 5.14 Å². The van der Waals surface area contributed by atoms with Crippen molar-refractivity contribution in [1.82, 2.24) is 15.0 Å². The number of pyridine rings is 1. The Morgan fingerprint density at radius 2 is 2.08 bits per heavy atom. The van der Waals surface area contributed by atoms with Crippen molar-refractivity contribution in [3.05, 3.63) is 45.5 Å². The predicted octanol–water partition coefficient (Wildman–Crippen LogP) is 0.588. The van der Waals surface area contributed by atoms with E-state index in [4.69, 9.17) is 5.14 Å². The van der Waals surface area contributed by atoms with Gasteiger partial charge < -0.3 is 10.3 Å². The van der Waals surface area contributed by atoms with Gasteiger partial charge in [-0.05, 0) is 19.1 Å². The molecular weight excluding hydrogens is 354 g/mol. The summed E-state index contributed by atoms with van der Waals surface area (Å²) in [5.41, 5.74) is 0.0866. The zero-order valence-electron chi connectivity index (χ0n) is 12.2. The Labute approximate surface area is 139 Å². The van der Waals surface area contributed by atoms with Gasteiger partial charge in [0.2, 0.25) is 0 Å². The van der Waals surface area contributed by atoms with Crippen LogP contribution >= 0.6 is 11.3 Å². The van der Waals surface area contributed by atoms with Gasteiger partial charge in [-0.2, -0.15) is 0 Å². The third-order valence-corrected chi connectivity index (χ3v) is 5.02. The van der Waals surface area contributed by atoms with Crippen molar-refractivity contribution in [2.75, 3.05) is 5.32 Å². The molecule has 11 heteroatoms. The monoisotopic (exact) mass is 365 g/mol. The van der Waals surface area contributed by atoms with Crippen molar-refractivity contribution in [2.45, 2.75) is 11.9 Å². The molecule has 0 saturated heterocycles. The number of fused-ring (bicyclic) bond motifs is 1. The number of primary sulfonamides is 1. The molecule has 9 nitrogen and oxygen atoms in total. The molecule has 3 heterocycles. The second-order valence-corrected chi connectivity index (χ2v) is 7.54. The molecular formula is C13H11N5O4S2. The molecule has 124 valence electrons. The summed E-state index contributed by atoms with van der Waals surface area (Å²) in [6.07, 6.45) is 2.45. The van der Waals surface area contributed by atoms with Gasteiger partial charge in [0.25, 0.3) is 21.5 Å². The number of carbonyl (C=O) groups is 1. The molecule has 0 atom stereocenters. The highest BCUT2D eigenvalue weighted by Gasteiger charge is 2.20. The van der Waals surface area contributed by atoms with Gasteiger partial charge in [-0.3, -0.25) is 9.59 Å². The minimum Gasteiger partial charge on any atom is -0.321 e. The fourth-order valence-corrected chi connectivity index (χ4v) is 3.59. The first-order valence-corrected chi connectivity index (χ1v) is 8.90. The maximum atomic E-state index is 12.5. The molecule has 3 aromatic heterocycles. The molecule has 24 heavy (non-hydrogen) atoms. The average molecular weight is 365 g/mol. The van der Waals surface area contributed by atoms with E-state index in [9.17, 15) is 18.0 Å². The van der Waals surface area contributed by atoms with Gasteiger partial charge in [-0.25, -0.2) is 23.5 Å². The van der Waals surface area contributed by atoms with Crippen LogP contribution in [-0.2, 0) is 10.0 Å². The van der Waals surface area contributed by atoms with Crippen molar-refractivity contribution in [3.63, 3.8) is 0 Å². The van der Waals surface area contributed by atoms with Crippen molar-refractivity contribution in [3.8, 4) is 0 Å². The number of nitrogens with zero attached hydrogens (tertiary/aromatic N) is 2. The number of aromatic nitrogens is 3. The number of nitrogens with two attached hydrogens (primary N) is 1. The predicted molar refractivity (Wildman–Crippen MR) is 88.5 cm³/mol. The van der Waals surface area contributed by atoms with E-state index in [1.165, 1.54) is 36.0 Å². The van der Waals surface area contributed by atoms with Crippen molar-refractivity contribution < 1.29 is 13.2 Å². The SMILES string of the molecule is Cc1sc2nc[nH]c(=O)c2c1C(=O)Nc1ccc(S(N)(=O)=O)nc1. The van der Waals surface area contributed by atoms with E-state index in [1.807, 2.05) is 0 Å². The number of H-pyrrole nitrogens is 1. The Hall–Kier alpha value is -2.63. The molecule has 3 rings (SSSR count). The van der Waals surface area contributed by atoms with Gasteiger partial charge in [0.1, 0.15) is 4.83 Å². The zero-order chi connectivity index (χ0) is 17.5. The third kappa shape index (κ3) is 2.91. The number of hydrogen-bond acceptors (Lipinski definition) is 7. The summed E-state index contributed by atoms with van der Waals surface area (Å²) in [4.78, 5) is 35.7. The molecule has 1 amide bonds. The van der Waals surface area contributed by atoms with Crippen LogP contribution < -0.4 is 16.0 Å². The number of aromatic amines is 1. The van der Waals surface area contributed by atoms with Crippen LogP contribution in [0.1, 0.15) is 15.2 Å². The van der Waals surface area contributed by atoms with E-state index in [-0.39, 0.29) is 21.7 Å². The Bertz CT molecular complexity index is 1100. The Balaban J connectivity index is 1.96. The van der Waals surface area contributed by atoms with Crippen molar-refractivity contribution in [1.29, 1.82) is 0 Å². The molecule has 0 fully saturated rings. The standard InChI is InChI=1S/C13H11N5O4S2/c1-6-9(10-11(19)16-5-17-13(10)23-6)12(20)18-7-2-3-8(15-4-7)24(14,21)22/h2-5H,1H3,(H,18,20)(H2,14,21,22)(H,16,17,19). The van der Waals surface area contributed by atoms with Crippen LogP contribution in [-0.4, -0.2) is 29.3 Å². The molecule has 0 aliphatic carbocycles. The Morgan fingerprint density at radius 1 is 1.33 bits per heavy atom. The van der Waals surface area contributed by atoms with E-state index < -0.39 is 21.5 Å². The van der Waals surface area contributed by atoms with Gasteiger partial charge in [0.15, 0.2) is 5.03 Å². The number of carbonyl (C=O) groups excluding carboxylic acids is 1. The first-order chi connectivity index (χ1) is 11.3. The second-order valence-electron chi connectivity index (χ2n) is 4.83. The highest BCUT2D eigenvalue weighted by atomic mass is 32.2. The number of thiophene rings is 1. The van der Waals surface area contributed by atoms with Crippen LogP contribution in [0.15, 0.2) is 34.5 Å². The molecule has 0 aliphatic heterocycles. The topological polar surface area (TPSA) is 148 Å². The Morgan fingerprint density at radius 3 is 2.71 bits per heavy atom. The molecule has 0 aromatic carbocycles. The average Bonchev–Trinajstić information content (AvgIpc) is 2.84. The van der Waals surface area contributed by atoms with Gasteiger partial charge in [-0.1, -0.05) is 0 Å². The molecule has 3 aromatic rings. The van der Waals surface area contributed by atoms with Gasteiger partial charge in [0.05, 0.1) is 29.2 Å². The number of sulfonamides is 1. The molecule has 4 N–H and O–H groups in total. The molecule has 0 unspecified atom stereocenters. The van der Waals surface area contributed by atoms with E-state index >= 15 is 0 Å². The van der Waals surface area contributed by atoms with Gasteiger partial charge in [0, 0.05) is 4.88 Å². The summed E-state index contributed by atoms with van der Waals surface area (Å²) in [5.74, 6) is -0.512. The highest BCUT2D eigenvalue weighted by molar-refractivity contribution is 7.89. The number of nitrogens with one attached hydrogen (secondary N) is 2. The number of rotatable bonds is 3. The van der Waals surface area contributed by atoms with Crippen molar-refractivity contribution >= 4 is 43.2 Å². The number of anilines is 1. The van der Waals surface area contributed by atoms with E-state index in [0.717, 1.165) is 0 Å². The first-order valence-electron chi connectivity index (χ1n) is 6.54. The fraction of sp³-hybridized carbons (Fsp3) is 0.0769. The summed E-state index contributed by atoms with van der Waals surface area (Å²) >= 11 is 1.23. The molecule has 0 spiro atoms. The third-order valence-electron chi connectivity index (χ3n) is 3.18. The largest absolute Gasteiger partial charge is 0.321 e. The van der Waals surface area contributed by atoms with E-state index in [0.29, 0.717) is 9.71 Å². The number of hydrogen-bond donors (Lipinski definition) is 3. The maximum absolute atomic E-state index is 12.5. The number of amides is 1. The zero-order valence-corrected chi connectivity index (χ0v) is 13.9. The molecule has 0 bridgehead atoms. The van der Waals surface area contributed by atoms with E-state index in [2.05, 4.69) is 20.3 Å². The minimum atomic E-state index is -3.91. The Kier molecular flexibility index (Phi) is 3.91. The van der Waals surface area contributed by atoms with Crippen LogP contribution in [0.4, 0.5) is 5.69 Å². The lowest BCUT2D eigenvalue weighted by molar-refractivity contribution is 0.102. The summed E-state index contributed by atoms with van der Waals surface area (Å²) in [6.45, 7) is 1.71. The molecule has 0 radical (unpaired) electrons. The summed E-state index contributed by atoms with van der Waals surface area (Å²) < 4.78 is 22.3. The normalized spacial score (nSPS) is 11.6. The lowest BCUT2D eigenvalue weighted by Crippen LogP contribution is -2.17. The van der Waals surface area contributed by atoms with Gasteiger partial charge >= 0.3 is 0 Å². The van der Waals surface area contributed by atoms with Crippen LogP contribution in [0.3, 0.4) is 0 Å². The highest BCUT2D eigenvalue weighted by Crippen LogP contribution is 2.27. The number of aryl methyl sites for hydroxylation is 1. The fourth-order valence-electron chi connectivity index (χ4n) is 2.14. The minimum absolute atomic E-state index is 0.214. The van der Waals surface area contributed by atoms with Gasteiger partial charge in [-0.15, -0.1) is 11.3 Å². The van der Waals surface area contributed by atoms with Crippen LogP contribution in [0.5, 0.6) is 0 Å². The smallest absolute Gasteiger partial charge is 0.260 e.